The second-order valence-corrected chi connectivity index (χ2v) is 7.07. The fourth-order valence-corrected chi connectivity index (χ4v) is 2.91. The lowest BCUT2D eigenvalue weighted by atomic mass is 9.95. The smallest absolute Gasteiger partial charge is 0.346 e. The summed E-state index contributed by atoms with van der Waals surface area (Å²) in [4.78, 5) is 23.9. The third-order valence-corrected chi connectivity index (χ3v) is 4.20. The normalized spacial score (nSPS) is 13.5. The van der Waals surface area contributed by atoms with Crippen LogP contribution in [0.5, 0.6) is 0 Å². The van der Waals surface area contributed by atoms with Crippen LogP contribution >= 0.6 is 0 Å². The van der Waals surface area contributed by atoms with E-state index < -0.39 is 24.1 Å². The molecule has 0 radical (unpaired) electrons. The maximum absolute atomic E-state index is 11.9. The van der Waals surface area contributed by atoms with Crippen LogP contribution in [0.15, 0.2) is 60.7 Å². The molecule has 0 spiro atoms. The van der Waals surface area contributed by atoms with E-state index in [1.165, 1.54) is 6.08 Å². The molecule has 2 unspecified atom stereocenters. The molecule has 5 nitrogen and oxygen atoms in total. The Morgan fingerprint density at radius 2 is 1.61 bits per heavy atom. The van der Waals surface area contributed by atoms with Gasteiger partial charge < -0.3 is 14.9 Å². The zero-order valence-corrected chi connectivity index (χ0v) is 16.1. The molecule has 0 aliphatic rings. The second kappa shape index (κ2) is 10.5. The molecule has 0 heterocycles. The number of carbonyl (C=O) groups is 2. The summed E-state index contributed by atoms with van der Waals surface area (Å²) >= 11 is 0. The summed E-state index contributed by atoms with van der Waals surface area (Å²) in [6, 6.07) is 15.3. The average Bonchev–Trinajstić information content (AvgIpc) is 2.66. The third kappa shape index (κ3) is 6.76. The Morgan fingerprint density at radius 3 is 2.29 bits per heavy atom. The molecule has 2 atom stereocenters. The number of rotatable bonds is 8. The van der Waals surface area contributed by atoms with Crippen LogP contribution in [0.3, 0.4) is 0 Å². The molecule has 5 heteroatoms. The molecule has 148 valence electrons. The summed E-state index contributed by atoms with van der Waals surface area (Å²) in [5, 5.41) is 20.6. The van der Waals surface area contributed by atoms with Crippen molar-refractivity contribution in [3.8, 4) is 0 Å². The number of aliphatic hydroxyl groups excluding tert-OH is 2. The van der Waals surface area contributed by atoms with E-state index in [1.54, 1.807) is 54.6 Å². The Morgan fingerprint density at radius 1 is 0.964 bits per heavy atom. The predicted octanol–water partition coefficient (Wildman–Crippen LogP) is 3.91. The van der Waals surface area contributed by atoms with Gasteiger partial charge in [-0.15, -0.1) is 0 Å². The van der Waals surface area contributed by atoms with Crippen molar-refractivity contribution in [1.82, 2.24) is 0 Å². The lowest BCUT2D eigenvalue weighted by Crippen LogP contribution is -2.15. The number of benzene rings is 2. The predicted molar refractivity (Wildman–Crippen MR) is 107 cm³/mol. The summed E-state index contributed by atoms with van der Waals surface area (Å²) < 4.78 is 4.80. The van der Waals surface area contributed by atoms with Gasteiger partial charge >= 0.3 is 11.9 Å². The van der Waals surface area contributed by atoms with Gasteiger partial charge in [-0.3, -0.25) is 0 Å². The molecule has 2 rings (SSSR count). The van der Waals surface area contributed by atoms with E-state index in [2.05, 4.69) is 0 Å². The molecule has 0 aliphatic carbocycles. The first-order chi connectivity index (χ1) is 13.4. The highest BCUT2D eigenvalue weighted by Gasteiger charge is 2.17. The minimum Gasteiger partial charge on any atom is -0.393 e. The molecule has 0 aliphatic heterocycles. The molecular formula is C23H26O5. The molecular weight excluding hydrogens is 356 g/mol. The number of ether oxygens (including phenoxy) is 1. The Labute approximate surface area is 165 Å². The highest BCUT2D eigenvalue weighted by Crippen LogP contribution is 2.25. The van der Waals surface area contributed by atoms with Gasteiger partial charge in [-0.1, -0.05) is 56.3 Å². The van der Waals surface area contributed by atoms with Crippen LogP contribution in [-0.4, -0.2) is 28.3 Å². The molecule has 0 fully saturated rings. The first-order valence-electron chi connectivity index (χ1n) is 9.31. The van der Waals surface area contributed by atoms with Crippen LogP contribution in [0.2, 0.25) is 0 Å². The minimum absolute atomic E-state index is 0.208. The van der Waals surface area contributed by atoms with Gasteiger partial charge in [0.25, 0.3) is 0 Å². The Bertz CT molecular complexity index is 811. The summed E-state index contributed by atoms with van der Waals surface area (Å²) in [5.74, 6) is -1.19. The highest BCUT2D eigenvalue weighted by molar-refractivity contribution is 6.01. The monoisotopic (exact) mass is 382 g/mol. The van der Waals surface area contributed by atoms with Gasteiger partial charge in [-0.05, 0) is 41.7 Å². The van der Waals surface area contributed by atoms with Crippen LogP contribution in [0, 0.1) is 5.92 Å². The van der Waals surface area contributed by atoms with E-state index >= 15 is 0 Å². The van der Waals surface area contributed by atoms with Gasteiger partial charge in [0.1, 0.15) is 0 Å². The van der Waals surface area contributed by atoms with Crippen molar-refractivity contribution >= 4 is 18.0 Å². The van der Waals surface area contributed by atoms with Gasteiger partial charge in [0.15, 0.2) is 0 Å². The standard InChI is InChI=1S/C23H26O5/c1-16(2)14-19(24)15-21(25)20-11-7-6-8-17(20)12-13-22(26)28-23(27)18-9-4-3-5-10-18/h3-13,16,19,21,24-25H,14-15H2,1-2H3/b13-12+. The molecule has 2 aromatic rings. The van der Waals surface area contributed by atoms with Gasteiger partial charge in [0, 0.05) is 12.5 Å². The summed E-state index contributed by atoms with van der Waals surface area (Å²) in [6.45, 7) is 4.02. The van der Waals surface area contributed by atoms with Crippen molar-refractivity contribution in [1.29, 1.82) is 0 Å². The fraction of sp³-hybridized carbons (Fsp3) is 0.304. The van der Waals surface area contributed by atoms with E-state index in [0.29, 0.717) is 29.0 Å². The van der Waals surface area contributed by atoms with Crippen LogP contribution in [0.25, 0.3) is 6.08 Å². The number of carbonyl (C=O) groups excluding carboxylic acids is 2. The van der Waals surface area contributed by atoms with Crippen molar-refractivity contribution in [3.05, 3.63) is 77.4 Å². The van der Waals surface area contributed by atoms with Crippen LogP contribution in [0.1, 0.15) is 54.3 Å². The number of aliphatic hydroxyl groups is 2. The topological polar surface area (TPSA) is 83.8 Å². The lowest BCUT2D eigenvalue weighted by molar-refractivity contribution is -0.132. The van der Waals surface area contributed by atoms with Crippen molar-refractivity contribution in [3.63, 3.8) is 0 Å². The molecule has 2 aromatic carbocycles. The molecule has 0 amide bonds. The maximum Gasteiger partial charge on any atom is 0.346 e. The van der Waals surface area contributed by atoms with Crippen molar-refractivity contribution < 1.29 is 24.5 Å². The molecule has 0 aromatic heterocycles. The first-order valence-corrected chi connectivity index (χ1v) is 9.31. The highest BCUT2D eigenvalue weighted by atomic mass is 16.6. The Hall–Kier alpha value is -2.76. The Balaban J connectivity index is 2.03. The largest absolute Gasteiger partial charge is 0.393 e. The van der Waals surface area contributed by atoms with Gasteiger partial charge in [-0.25, -0.2) is 9.59 Å². The van der Waals surface area contributed by atoms with Gasteiger partial charge in [-0.2, -0.15) is 0 Å². The van der Waals surface area contributed by atoms with Crippen molar-refractivity contribution in [2.75, 3.05) is 0 Å². The number of hydrogen-bond donors (Lipinski definition) is 2. The maximum atomic E-state index is 11.9. The zero-order valence-electron chi connectivity index (χ0n) is 16.1. The van der Waals surface area contributed by atoms with Crippen molar-refractivity contribution in [2.24, 2.45) is 5.92 Å². The molecule has 0 saturated carbocycles. The van der Waals surface area contributed by atoms with Gasteiger partial charge in [0.2, 0.25) is 0 Å². The summed E-state index contributed by atoms with van der Waals surface area (Å²) in [6.07, 6.45) is 1.98. The number of hydrogen-bond acceptors (Lipinski definition) is 5. The van der Waals surface area contributed by atoms with Crippen LogP contribution < -0.4 is 0 Å². The second-order valence-electron chi connectivity index (χ2n) is 7.07. The first kappa shape index (κ1) is 21.5. The third-order valence-electron chi connectivity index (χ3n) is 4.20. The van der Waals surface area contributed by atoms with E-state index in [1.807, 2.05) is 13.8 Å². The summed E-state index contributed by atoms with van der Waals surface area (Å²) in [5.41, 5.74) is 1.51. The zero-order chi connectivity index (χ0) is 20.5. The SMILES string of the molecule is CC(C)CC(O)CC(O)c1ccccc1/C=C/C(=O)OC(=O)c1ccccc1. The van der Waals surface area contributed by atoms with E-state index in [0.717, 1.165) is 6.08 Å². The van der Waals surface area contributed by atoms with Crippen LogP contribution in [-0.2, 0) is 9.53 Å². The van der Waals surface area contributed by atoms with E-state index in [9.17, 15) is 19.8 Å². The minimum atomic E-state index is -0.864. The molecule has 0 bridgehead atoms. The average molecular weight is 382 g/mol. The summed E-state index contributed by atoms with van der Waals surface area (Å²) in [7, 11) is 0. The van der Waals surface area contributed by atoms with Crippen LogP contribution in [0.4, 0.5) is 0 Å². The van der Waals surface area contributed by atoms with E-state index in [4.69, 9.17) is 4.74 Å². The molecule has 28 heavy (non-hydrogen) atoms. The quantitative estimate of drug-likeness (QED) is 0.411. The fourth-order valence-electron chi connectivity index (χ4n) is 2.91. The van der Waals surface area contributed by atoms with E-state index in [-0.39, 0.29) is 6.42 Å². The molecule has 0 saturated heterocycles. The Kier molecular flexibility index (Phi) is 8.11. The lowest BCUT2D eigenvalue weighted by Gasteiger charge is -2.19. The molecule has 2 N–H and O–H groups in total. The van der Waals surface area contributed by atoms with Gasteiger partial charge in [0.05, 0.1) is 17.8 Å². The number of esters is 2. The van der Waals surface area contributed by atoms with Crippen molar-refractivity contribution in [2.45, 2.75) is 38.9 Å².